The van der Waals surface area contributed by atoms with Crippen LogP contribution in [0.1, 0.15) is 0 Å². The first kappa shape index (κ1) is 67.2. The third kappa shape index (κ3) is 10.4. The molecule has 11 heteroatoms. The molecule has 11 nitrogen and oxygen atoms in total. The number of aromatic nitrogens is 9. The average Bonchev–Trinajstić information content (AvgIpc) is 1.50. The van der Waals surface area contributed by atoms with E-state index >= 15 is 0 Å². The molecule has 7 aromatic heterocycles. The minimum Gasteiger partial charge on any atom is -0.329 e. The van der Waals surface area contributed by atoms with Gasteiger partial charge in [0.25, 0.3) is 0 Å². The van der Waals surface area contributed by atoms with Crippen LogP contribution >= 0.6 is 0 Å². The lowest BCUT2D eigenvalue weighted by atomic mass is 10.0. The lowest BCUT2D eigenvalue weighted by molar-refractivity contribution is 1.05. The smallest absolute Gasteiger partial charge is 0.225 e. The lowest BCUT2D eigenvalue weighted by Crippen LogP contribution is -2.12. The Labute approximate surface area is 676 Å². The van der Waals surface area contributed by atoms with Gasteiger partial charge < -0.3 is 27.4 Å². The summed E-state index contributed by atoms with van der Waals surface area (Å²) in [5.41, 5.74) is 23.2. The van der Waals surface area contributed by atoms with Gasteiger partial charge in [-0.1, -0.05) is 291 Å². The van der Waals surface area contributed by atoms with Crippen LogP contribution in [0.15, 0.2) is 394 Å². The van der Waals surface area contributed by atoms with E-state index < -0.39 is 0 Å². The van der Waals surface area contributed by atoms with Crippen molar-refractivity contribution in [2.45, 2.75) is 0 Å². The zero-order chi connectivity index (χ0) is 78.1. The van der Waals surface area contributed by atoms with Crippen LogP contribution in [0.3, 0.4) is 0 Å². The van der Waals surface area contributed by atoms with Gasteiger partial charge in [-0.05, 0) is 114 Å². The SMILES string of the molecule is [C-]#[N+]c1c(-n2c3ccccc3c3ccccc32)c([N+]#[C-])c(-n2c3ccccc3c3ccccc32)c(-n2c3ccccc3c3ccccc32)c1-n1c2ccccc2c2ccccc21.c1ccc(-c2nc(-c3ccccc3)nc(-c3cccc(-n4c5ccccc5c5ccc(-c6ccc7c(c6)c6ccccc6n7-c6ccccc6)cc54)c3)n2)cc1. The summed E-state index contributed by atoms with van der Waals surface area (Å²) in [4.78, 5) is 24.3. The third-order valence-electron chi connectivity index (χ3n) is 23.5. The van der Waals surface area contributed by atoms with Gasteiger partial charge in [0.1, 0.15) is 0 Å². The quantitative estimate of drug-likeness (QED) is 0.128. The van der Waals surface area contributed by atoms with Crippen LogP contribution in [0.4, 0.5) is 11.4 Å². The van der Waals surface area contributed by atoms with Gasteiger partial charge in [-0.15, -0.1) is 0 Å². The Morgan fingerprint density at radius 3 is 0.814 bits per heavy atom. The summed E-state index contributed by atoms with van der Waals surface area (Å²) in [6.45, 7) is 18.9. The van der Waals surface area contributed by atoms with Gasteiger partial charge in [0, 0.05) is 92.7 Å². The van der Waals surface area contributed by atoms with E-state index in [9.17, 15) is 13.1 Å². The van der Waals surface area contributed by atoms with E-state index in [4.69, 9.17) is 15.0 Å². The molecule has 0 saturated heterocycles. The molecule has 0 unspecified atom stereocenters. The first-order chi connectivity index (χ1) is 58.5. The maximum Gasteiger partial charge on any atom is 0.225 e. The van der Waals surface area contributed by atoms with E-state index in [1.807, 2.05) is 72.8 Å². The largest absolute Gasteiger partial charge is 0.329 e. The fraction of sp³-hybridized carbons (Fsp3) is 0. The van der Waals surface area contributed by atoms with E-state index in [2.05, 4.69) is 359 Å². The minimum absolute atomic E-state index is 0.385. The van der Waals surface area contributed by atoms with Crippen molar-refractivity contribution in [3.05, 3.63) is 417 Å². The first-order valence-electron chi connectivity index (χ1n) is 39.6. The third-order valence-corrected chi connectivity index (χ3v) is 23.5. The Morgan fingerprint density at radius 2 is 0.432 bits per heavy atom. The molecule has 118 heavy (non-hydrogen) atoms. The predicted molar refractivity (Wildman–Crippen MR) is 487 cm³/mol. The predicted octanol–water partition coefficient (Wildman–Crippen LogP) is 27.9. The molecule has 17 aromatic carbocycles. The molecule has 0 bridgehead atoms. The van der Waals surface area contributed by atoms with Gasteiger partial charge in [0.15, 0.2) is 17.5 Å². The minimum atomic E-state index is 0.385. The van der Waals surface area contributed by atoms with E-state index in [1.165, 1.54) is 38.1 Å². The van der Waals surface area contributed by atoms with E-state index in [-0.39, 0.29) is 0 Å². The fourth-order valence-electron chi connectivity index (χ4n) is 18.5. The number of hydrogen-bond acceptors (Lipinski definition) is 3. The normalized spacial score (nSPS) is 11.7. The maximum absolute atomic E-state index is 9.47. The van der Waals surface area contributed by atoms with Crippen molar-refractivity contribution in [1.82, 2.24) is 42.4 Å². The monoisotopic (exact) mass is 1500 g/mol. The molecular formula is C107H65N11. The molecule has 0 radical (unpaired) electrons. The highest BCUT2D eigenvalue weighted by Crippen LogP contribution is 2.55. The van der Waals surface area contributed by atoms with Crippen LogP contribution in [-0.4, -0.2) is 42.4 Å². The molecule has 24 rings (SSSR count). The molecule has 0 atom stereocenters. The van der Waals surface area contributed by atoms with Crippen molar-refractivity contribution in [3.63, 3.8) is 0 Å². The zero-order valence-corrected chi connectivity index (χ0v) is 63.4. The van der Waals surface area contributed by atoms with Crippen molar-refractivity contribution >= 4 is 142 Å². The Bertz CT molecular complexity index is 7920. The van der Waals surface area contributed by atoms with Crippen molar-refractivity contribution in [3.8, 4) is 79.4 Å². The number of para-hydroxylation sites is 11. The van der Waals surface area contributed by atoms with Crippen LogP contribution in [-0.2, 0) is 0 Å². The number of hydrogen-bond donors (Lipinski definition) is 0. The van der Waals surface area contributed by atoms with E-state index in [0.29, 0.717) is 45.9 Å². The molecule has 24 aromatic rings. The van der Waals surface area contributed by atoms with Gasteiger partial charge in [0.05, 0.1) is 102 Å². The second-order valence-corrected chi connectivity index (χ2v) is 29.9. The second kappa shape index (κ2) is 27.1. The summed E-state index contributed by atoms with van der Waals surface area (Å²) in [5.74, 6) is 1.92. The molecule has 0 fully saturated rings. The van der Waals surface area contributed by atoms with E-state index in [1.54, 1.807) is 0 Å². The maximum atomic E-state index is 9.47. The first-order valence-corrected chi connectivity index (χ1v) is 39.6. The molecule has 0 amide bonds. The van der Waals surface area contributed by atoms with Crippen LogP contribution < -0.4 is 0 Å². The fourth-order valence-corrected chi connectivity index (χ4v) is 18.5. The Morgan fingerprint density at radius 1 is 0.169 bits per heavy atom. The molecule has 548 valence electrons. The van der Waals surface area contributed by atoms with Gasteiger partial charge in [-0.3, -0.25) is 0 Å². The highest BCUT2D eigenvalue weighted by molar-refractivity contribution is 6.19. The van der Waals surface area contributed by atoms with Gasteiger partial charge in [-0.25, -0.2) is 24.6 Å². The van der Waals surface area contributed by atoms with Gasteiger partial charge >= 0.3 is 0 Å². The average molecular weight is 1500 g/mol. The van der Waals surface area contributed by atoms with Crippen LogP contribution in [0.25, 0.3) is 220 Å². The molecule has 0 aliphatic carbocycles. The topological polar surface area (TPSA) is 77.0 Å². The summed E-state index contributed by atoms with van der Waals surface area (Å²) in [6, 6.07) is 138. The standard InChI is InChI=1S/C56H32N6.C51H33N5/c1-57-51-53(59-43-27-11-3-19-35(43)36-20-4-12-28-44(36)59)52(58-2)55(61-47-31-15-7-23-39(47)40-24-8-16-32-48(40)61)56(62-49-33-17-9-25-41(49)42-26-10-18-34-50(42)62)54(51)60-45-29-13-5-21-37(45)38-22-6-14-30-46(38)60;1-4-15-34(16-5-1)49-52-50(35-17-6-2-7-18-35)54-51(53-49)38-19-14-22-40(31-38)56-45-25-12-10-23-41(45)43-29-27-37(33-48(43)56)36-28-30-47-44(32-36)42-24-11-13-26-46(42)55(47)39-20-8-3-9-21-39/h3-34H;1-33H. The van der Waals surface area contributed by atoms with Crippen LogP contribution in [0.2, 0.25) is 0 Å². The zero-order valence-electron chi connectivity index (χ0n) is 63.4. The molecule has 0 spiro atoms. The molecule has 0 aliphatic heterocycles. The summed E-state index contributed by atoms with van der Waals surface area (Å²) < 4.78 is 13.8. The number of nitrogens with zero attached hydrogens (tertiary/aromatic N) is 11. The molecule has 0 aliphatic rings. The number of benzene rings is 17. The molecule has 0 saturated carbocycles. The van der Waals surface area contributed by atoms with Crippen molar-refractivity contribution in [1.29, 1.82) is 0 Å². The van der Waals surface area contributed by atoms with Crippen LogP contribution in [0.5, 0.6) is 0 Å². The lowest BCUT2D eigenvalue weighted by Gasteiger charge is -2.27. The van der Waals surface area contributed by atoms with Gasteiger partial charge in [-0.2, -0.15) is 0 Å². The van der Waals surface area contributed by atoms with Crippen molar-refractivity contribution in [2.75, 3.05) is 0 Å². The Hall–Kier alpha value is -16.5. The number of rotatable bonds is 10. The second-order valence-electron chi connectivity index (χ2n) is 29.9. The molecular weight excluding hydrogens is 1440 g/mol. The summed E-state index contributed by atoms with van der Waals surface area (Å²) in [5, 5.41) is 13.5. The highest BCUT2D eigenvalue weighted by Gasteiger charge is 2.35. The van der Waals surface area contributed by atoms with E-state index in [0.717, 1.165) is 138 Å². The summed E-state index contributed by atoms with van der Waals surface area (Å²) in [6.07, 6.45) is 0. The van der Waals surface area contributed by atoms with Crippen molar-refractivity contribution in [2.24, 2.45) is 0 Å². The Kier molecular flexibility index (Phi) is 15.5. The summed E-state index contributed by atoms with van der Waals surface area (Å²) in [7, 11) is 0. The molecule has 0 N–H and O–H groups in total. The van der Waals surface area contributed by atoms with Gasteiger partial charge in [0.2, 0.25) is 11.4 Å². The van der Waals surface area contributed by atoms with Crippen molar-refractivity contribution < 1.29 is 0 Å². The van der Waals surface area contributed by atoms with Crippen LogP contribution in [0, 0.1) is 13.1 Å². The highest BCUT2D eigenvalue weighted by atomic mass is 15.2. The summed E-state index contributed by atoms with van der Waals surface area (Å²) >= 11 is 0. The molecule has 7 heterocycles. The number of fused-ring (bicyclic) bond motifs is 18. The Balaban J connectivity index is 0.000000139.